The molecule has 0 radical (unpaired) electrons. The van der Waals surface area contributed by atoms with E-state index in [9.17, 15) is 5.11 Å². The number of aliphatic hydroxyl groups is 1. The molecule has 1 N–H and O–H groups in total. The predicted octanol–water partition coefficient (Wildman–Crippen LogP) is 3.04. The molecule has 2 rings (SSSR count). The van der Waals surface area contributed by atoms with Gasteiger partial charge in [0, 0.05) is 23.6 Å². The van der Waals surface area contributed by atoms with Crippen LogP contribution < -0.4 is 18.9 Å². The normalized spacial score (nSPS) is 11.7. The Labute approximate surface area is 142 Å². The monoisotopic (exact) mass is 332 g/mol. The SMILES string of the molecule is COc1ccc([C@H](CO)Cc2c(OC)cc(OC)cc2OC)cc1. The number of rotatable bonds is 8. The van der Waals surface area contributed by atoms with Crippen molar-refractivity contribution in [3.63, 3.8) is 0 Å². The summed E-state index contributed by atoms with van der Waals surface area (Å²) in [6.07, 6.45) is 0.583. The molecule has 0 fully saturated rings. The Hall–Kier alpha value is -2.40. The molecule has 130 valence electrons. The molecule has 2 aromatic rings. The van der Waals surface area contributed by atoms with Gasteiger partial charge < -0.3 is 24.1 Å². The number of hydrogen-bond donors (Lipinski definition) is 1. The smallest absolute Gasteiger partial charge is 0.129 e. The van der Waals surface area contributed by atoms with Crippen molar-refractivity contribution in [2.45, 2.75) is 12.3 Å². The lowest BCUT2D eigenvalue weighted by molar-refractivity contribution is 0.262. The first kappa shape index (κ1) is 17.9. The second-order valence-electron chi connectivity index (χ2n) is 5.37. The van der Waals surface area contributed by atoms with Gasteiger partial charge in [-0.2, -0.15) is 0 Å². The standard InChI is InChI=1S/C19H24O5/c1-21-15-7-5-13(6-8-15)14(12-20)9-17-18(23-3)10-16(22-2)11-19(17)24-4/h5-8,10-11,14,20H,9,12H2,1-4H3/t14-/m0/s1. The third-order valence-electron chi connectivity index (χ3n) is 4.08. The summed E-state index contributed by atoms with van der Waals surface area (Å²) in [6, 6.07) is 11.3. The molecular weight excluding hydrogens is 308 g/mol. The molecule has 0 aliphatic rings. The van der Waals surface area contributed by atoms with Gasteiger partial charge in [0.2, 0.25) is 0 Å². The van der Waals surface area contributed by atoms with E-state index in [1.165, 1.54) is 0 Å². The molecule has 0 aromatic heterocycles. The fraction of sp³-hybridized carbons (Fsp3) is 0.368. The fourth-order valence-corrected chi connectivity index (χ4v) is 2.69. The molecule has 1 atom stereocenters. The Bertz CT molecular complexity index is 626. The zero-order chi connectivity index (χ0) is 17.5. The van der Waals surface area contributed by atoms with Crippen LogP contribution in [-0.2, 0) is 6.42 Å². The maximum Gasteiger partial charge on any atom is 0.129 e. The molecule has 0 bridgehead atoms. The van der Waals surface area contributed by atoms with Gasteiger partial charge in [0.1, 0.15) is 23.0 Å². The summed E-state index contributed by atoms with van der Waals surface area (Å²) in [5.74, 6) is 2.73. The number of ether oxygens (including phenoxy) is 4. The number of benzene rings is 2. The number of hydrogen-bond acceptors (Lipinski definition) is 5. The lowest BCUT2D eigenvalue weighted by Crippen LogP contribution is -2.10. The summed E-state index contributed by atoms with van der Waals surface area (Å²) < 4.78 is 21.4. The van der Waals surface area contributed by atoms with Crippen LogP contribution in [0.3, 0.4) is 0 Å². The molecule has 0 spiro atoms. The Morgan fingerprint density at radius 1 is 0.792 bits per heavy atom. The third-order valence-corrected chi connectivity index (χ3v) is 4.08. The Morgan fingerprint density at radius 3 is 1.75 bits per heavy atom. The summed E-state index contributed by atoms with van der Waals surface area (Å²) in [5, 5.41) is 9.86. The number of aliphatic hydroxyl groups excluding tert-OH is 1. The molecule has 5 heteroatoms. The highest BCUT2D eigenvalue weighted by Gasteiger charge is 2.19. The van der Waals surface area contributed by atoms with Crippen molar-refractivity contribution >= 4 is 0 Å². The quantitative estimate of drug-likeness (QED) is 0.805. The minimum atomic E-state index is -0.0768. The molecule has 2 aromatic carbocycles. The van der Waals surface area contributed by atoms with Gasteiger partial charge in [-0.05, 0) is 24.1 Å². The first-order valence-corrected chi connectivity index (χ1v) is 7.70. The lowest BCUT2D eigenvalue weighted by Gasteiger charge is -2.20. The summed E-state index contributed by atoms with van der Waals surface area (Å²) in [6.45, 7) is 0.0185. The highest BCUT2D eigenvalue weighted by atomic mass is 16.5. The van der Waals surface area contributed by atoms with Gasteiger partial charge >= 0.3 is 0 Å². The van der Waals surface area contributed by atoms with E-state index in [4.69, 9.17) is 18.9 Å². The summed E-state index contributed by atoms with van der Waals surface area (Å²) in [5.41, 5.74) is 1.92. The minimum Gasteiger partial charge on any atom is -0.497 e. The molecule has 0 aliphatic carbocycles. The van der Waals surface area contributed by atoms with E-state index < -0.39 is 0 Å². The molecule has 5 nitrogen and oxygen atoms in total. The van der Waals surface area contributed by atoms with E-state index in [0.717, 1.165) is 16.9 Å². The molecular formula is C19H24O5. The van der Waals surface area contributed by atoms with Crippen LogP contribution in [0.25, 0.3) is 0 Å². The van der Waals surface area contributed by atoms with Crippen molar-refractivity contribution in [3.8, 4) is 23.0 Å². The second-order valence-corrected chi connectivity index (χ2v) is 5.37. The Balaban J connectivity index is 2.35. The van der Waals surface area contributed by atoms with E-state index in [1.54, 1.807) is 28.4 Å². The van der Waals surface area contributed by atoms with Crippen LogP contribution in [0.15, 0.2) is 36.4 Å². The fourth-order valence-electron chi connectivity index (χ4n) is 2.69. The molecule has 0 heterocycles. The predicted molar refractivity (Wildman–Crippen MR) is 92.6 cm³/mol. The van der Waals surface area contributed by atoms with Gasteiger partial charge in [-0.15, -0.1) is 0 Å². The van der Waals surface area contributed by atoms with Crippen molar-refractivity contribution in [2.24, 2.45) is 0 Å². The van der Waals surface area contributed by atoms with Gasteiger partial charge in [-0.1, -0.05) is 12.1 Å². The first-order chi connectivity index (χ1) is 11.7. The molecule has 0 saturated heterocycles. The van der Waals surface area contributed by atoms with Gasteiger partial charge in [0.25, 0.3) is 0 Å². The lowest BCUT2D eigenvalue weighted by atomic mass is 9.91. The van der Waals surface area contributed by atoms with Crippen LogP contribution in [0.1, 0.15) is 17.0 Å². The van der Waals surface area contributed by atoms with E-state index in [2.05, 4.69) is 0 Å². The van der Waals surface area contributed by atoms with Crippen LogP contribution in [0.5, 0.6) is 23.0 Å². The van der Waals surface area contributed by atoms with Crippen LogP contribution >= 0.6 is 0 Å². The van der Waals surface area contributed by atoms with Gasteiger partial charge in [-0.3, -0.25) is 0 Å². The molecule has 24 heavy (non-hydrogen) atoms. The van der Waals surface area contributed by atoms with E-state index in [-0.39, 0.29) is 12.5 Å². The molecule has 0 amide bonds. The van der Waals surface area contributed by atoms with Crippen molar-refractivity contribution in [3.05, 3.63) is 47.5 Å². The van der Waals surface area contributed by atoms with Crippen LogP contribution in [0, 0.1) is 0 Å². The van der Waals surface area contributed by atoms with Crippen molar-refractivity contribution in [2.75, 3.05) is 35.0 Å². The molecule has 0 unspecified atom stereocenters. The van der Waals surface area contributed by atoms with Gasteiger partial charge in [-0.25, -0.2) is 0 Å². The van der Waals surface area contributed by atoms with E-state index in [1.807, 2.05) is 36.4 Å². The highest BCUT2D eigenvalue weighted by Crippen LogP contribution is 2.37. The maximum absolute atomic E-state index is 9.86. The largest absolute Gasteiger partial charge is 0.497 e. The van der Waals surface area contributed by atoms with Gasteiger partial charge in [0.15, 0.2) is 0 Å². The zero-order valence-electron chi connectivity index (χ0n) is 14.5. The van der Waals surface area contributed by atoms with E-state index >= 15 is 0 Å². The van der Waals surface area contributed by atoms with Crippen LogP contribution in [-0.4, -0.2) is 40.2 Å². The first-order valence-electron chi connectivity index (χ1n) is 7.70. The Kier molecular flexibility index (Phi) is 6.32. The van der Waals surface area contributed by atoms with Crippen molar-refractivity contribution in [1.82, 2.24) is 0 Å². The van der Waals surface area contributed by atoms with Gasteiger partial charge in [0.05, 0.1) is 35.0 Å². The minimum absolute atomic E-state index is 0.0185. The van der Waals surface area contributed by atoms with Crippen molar-refractivity contribution < 1.29 is 24.1 Å². The average Bonchev–Trinajstić information content (AvgIpc) is 2.65. The van der Waals surface area contributed by atoms with Crippen LogP contribution in [0.2, 0.25) is 0 Å². The second kappa shape index (κ2) is 8.45. The van der Waals surface area contributed by atoms with Crippen LogP contribution in [0.4, 0.5) is 0 Å². The third kappa shape index (κ3) is 3.92. The summed E-state index contributed by atoms with van der Waals surface area (Å²) >= 11 is 0. The highest BCUT2D eigenvalue weighted by molar-refractivity contribution is 5.51. The average molecular weight is 332 g/mol. The molecule has 0 aliphatic heterocycles. The summed E-state index contributed by atoms with van der Waals surface area (Å²) in [4.78, 5) is 0. The zero-order valence-corrected chi connectivity index (χ0v) is 14.5. The van der Waals surface area contributed by atoms with E-state index in [0.29, 0.717) is 23.7 Å². The number of methoxy groups -OCH3 is 4. The topological polar surface area (TPSA) is 57.2 Å². The summed E-state index contributed by atoms with van der Waals surface area (Å²) in [7, 11) is 6.45. The molecule has 0 saturated carbocycles. The Morgan fingerprint density at radius 2 is 1.33 bits per heavy atom. The van der Waals surface area contributed by atoms with Crippen molar-refractivity contribution in [1.29, 1.82) is 0 Å². The maximum atomic E-state index is 9.86.